The van der Waals surface area contributed by atoms with Crippen LogP contribution in [0, 0.1) is 0 Å². The van der Waals surface area contributed by atoms with E-state index in [0.29, 0.717) is 12.6 Å². The number of nitrogens with zero attached hydrogens (tertiary/aromatic N) is 4. The van der Waals surface area contributed by atoms with E-state index >= 15 is 0 Å². The molecule has 2 aromatic rings. The first-order valence-corrected chi connectivity index (χ1v) is 9.73. The van der Waals surface area contributed by atoms with Gasteiger partial charge in [-0.05, 0) is 46.3 Å². The van der Waals surface area contributed by atoms with Crippen molar-refractivity contribution in [1.29, 1.82) is 0 Å². The lowest BCUT2D eigenvalue weighted by Crippen LogP contribution is -2.43. The van der Waals surface area contributed by atoms with E-state index in [0.717, 1.165) is 25.3 Å². The molecule has 0 aliphatic carbocycles. The highest BCUT2D eigenvalue weighted by molar-refractivity contribution is 14.0. The van der Waals surface area contributed by atoms with Crippen LogP contribution in [0.15, 0.2) is 47.7 Å². The van der Waals surface area contributed by atoms with Crippen LogP contribution in [0.25, 0.3) is 0 Å². The zero-order valence-corrected chi connectivity index (χ0v) is 20.1. The van der Waals surface area contributed by atoms with Gasteiger partial charge in [0, 0.05) is 31.4 Å². The first kappa shape index (κ1) is 24.4. The summed E-state index contributed by atoms with van der Waals surface area (Å²) >= 11 is 0. The molecule has 6 nitrogen and oxygen atoms in total. The number of aromatic nitrogens is 2. The van der Waals surface area contributed by atoms with Crippen molar-refractivity contribution in [1.82, 2.24) is 25.3 Å². The van der Waals surface area contributed by atoms with Gasteiger partial charge in [0.2, 0.25) is 0 Å². The van der Waals surface area contributed by atoms with Gasteiger partial charge in [-0.3, -0.25) is 9.67 Å². The highest BCUT2D eigenvalue weighted by Gasteiger charge is 2.16. The molecule has 0 saturated carbocycles. The summed E-state index contributed by atoms with van der Waals surface area (Å²) < 4.78 is 1.84. The molecule has 1 aromatic heterocycles. The first-order valence-electron chi connectivity index (χ1n) is 9.73. The van der Waals surface area contributed by atoms with Gasteiger partial charge < -0.3 is 15.5 Å². The van der Waals surface area contributed by atoms with Crippen molar-refractivity contribution in [3.8, 4) is 0 Å². The lowest BCUT2D eigenvalue weighted by atomic mass is 10.1. The molecule has 1 heterocycles. The number of benzene rings is 1. The average Bonchev–Trinajstić information content (AvgIpc) is 3.07. The lowest BCUT2D eigenvalue weighted by Gasteiger charge is -2.23. The Bertz CT molecular complexity index is 698. The van der Waals surface area contributed by atoms with Crippen LogP contribution in [0.1, 0.15) is 37.4 Å². The Morgan fingerprint density at radius 1 is 1.25 bits per heavy atom. The van der Waals surface area contributed by atoms with Crippen LogP contribution in [0.5, 0.6) is 0 Å². The maximum Gasteiger partial charge on any atom is 0.191 e. The van der Waals surface area contributed by atoms with Gasteiger partial charge >= 0.3 is 0 Å². The van der Waals surface area contributed by atoms with Gasteiger partial charge in [-0.2, -0.15) is 5.10 Å². The van der Waals surface area contributed by atoms with Crippen molar-refractivity contribution in [2.75, 3.05) is 27.2 Å². The van der Waals surface area contributed by atoms with Gasteiger partial charge in [-0.15, -0.1) is 24.0 Å². The molecule has 0 spiro atoms. The topological polar surface area (TPSA) is 57.5 Å². The number of hydrogen-bond acceptors (Lipinski definition) is 3. The zero-order valence-electron chi connectivity index (χ0n) is 17.7. The molecule has 2 atom stereocenters. The Kier molecular flexibility index (Phi) is 11.1. The fourth-order valence-electron chi connectivity index (χ4n) is 3.01. The second kappa shape index (κ2) is 12.8. The minimum atomic E-state index is 0. The highest BCUT2D eigenvalue weighted by atomic mass is 127. The predicted octanol–water partition coefficient (Wildman–Crippen LogP) is 3.22. The molecule has 0 bridgehead atoms. The maximum absolute atomic E-state index is 4.83. The molecule has 0 aliphatic heterocycles. The van der Waals surface area contributed by atoms with E-state index in [-0.39, 0.29) is 30.0 Å². The van der Waals surface area contributed by atoms with Gasteiger partial charge in [0.25, 0.3) is 0 Å². The average molecular weight is 498 g/mol. The molecule has 156 valence electrons. The molecule has 0 fully saturated rings. The molecule has 0 amide bonds. The summed E-state index contributed by atoms with van der Waals surface area (Å²) in [5.74, 6) is 0.869. The minimum Gasteiger partial charge on any atom is -0.357 e. The van der Waals surface area contributed by atoms with E-state index in [9.17, 15) is 0 Å². The lowest BCUT2D eigenvalue weighted by molar-refractivity contribution is 0.306. The molecular weight excluding hydrogens is 463 g/mol. The third kappa shape index (κ3) is 8.18. The summed E-state index contributed by atoms with van der Waals surface area (Å²) in [7, 11) is 6.10. The predicted molar refractivity (Wildman–Crippen MR) is 128 cm³/mol. The van der Waals surface area contributed by atoms with Crippen LogP contribution in [-0.4, -0.2) is 53.9 Å². The minimum absolute atomic E-state index is 0. The maximum atomic E-state index is 4.83. The van der Waals surface area contributed by atoms with Crippen LogP contribution in [0.2, 0.25) is 0 Å². The molecule has 0 radical (unpaired) electrons. The van der Waals surface area contributed by atoms with Gasteiger partial charge in [-0.1, -0.05) is 30.3 Å². The Morgan fingerprint density at radius 3 is 2.54 bits per heavy atom. The molecule has 7 heteroatoms. The van der Waals surface area contributed by atoms with E-state index in [2.05, 4.69) is 85.1 Å². The van der Waals surface area contributed by atoms with Crippen molar-refractivity contribution >= 4 is 29.9 Å². The second-order valence-electron chi connectivity index (χ2n) is 7.22. The van der Waals surface area contributed by atoms with Gasteiger partial charge in [0.1, 0.15) is 0 Å². The van der Waals surface area contributed by atoms with E-state index in [4.69, 9.17) is 4.99 Å². The van der Waals surface area contributed by atoms with Crippen LogP contribution in [0.4, 0.5) is 0 Å². The monoisotopic (exact) mass is 498 g/mol. The highest BCUT2D eigenvalue weighted by Crippen LogP contribution is 2.17. The SMILES string of the molecule is CCNC(=NCC(c1cnn(C)c1)N(C)C)NC(C)CCc1ccccc1.I. The van der Waals surface area contributed by atoms with E-state index in [1.54, 1.807) is 0 Å². The molecule has 2 N–H and O–H groups in total. The second-order valence-corrected chi connectivity index (χ2v) is 7.22. The number of nitrogens with one attached hydrogen (secondary N) is 2. The summed E-state index contributed by atoms with van der Waals surface area (Å²) in [5, 5.41) is 11.2. The Balaban J connectivity index is 0.00000392. The van der Waals surface area contributed by atoms with Crippen LogP contribution in [-0.2, 0) is 13.5 Å². The number of aliphatic imine (C=N–C) groups is 1. The third-order valence-electron chi connectivity index (χ3n) is 4.59. The van der Waals surface area contributed by atoms with E-state index in [1.807, 2.05) is 17.9 Å². The quantitative estimate of drug-likeness (QED) is 0.317. The number of halogens is 1. The summed E-state index contributed by atoms with van der Waals surface area (Å²) in [6.45, 7) is 5.83. The van der Waals surface area contributed by atoms with Crippen LogP contribution < -0.4 is 10.6 Å². The van der Waals surface area contributed by atoms with Gasteiger partial charge in [-0.25, -0.2) is 0 Å². The molecule has 1 aromatic carbocycles. The number of likely N-dealkylation sites (N-methyl/N-ethyl adjacent to an activating group) is 1. The zero-order chi connectivity index (χ0) is 19.6. The summed E-state index contributed by atoms with van der Waals surface area (Å²) in [5.41, 5.74) is 2.55. The smallest absolute Gasteiger partial charge is 0.191 e. The number of aryl methyl sites for hydroxylation is 2. The Morgan fingerprint density at radius 2 is 1.96 bits per heavy atom. The van der Waals surface area contributed by atoms with Crippen molar-refractivity contribution in [2.45, 2.75) is 38.8 Å². The van der Waals surface area contributed by atoms with Crippen LogP contribution >= 0.6 is 24.0 Å². The van der Waals surface area contributed by atoms with Crippen molar-refractivity contribution in [2.24, 2.45) is 12.0 Å². The molecule has 0 saturated heterocycles. The largest absolute Gasteiger partial charge is 0.357 e. The normalized spacial score (nSPS) is 13.7. The molecular formula is C21H35IN6. The number of hydrogen-bond donors (Lipinski definition) is 2. The number of rotatable bonds is 9. The standard InChI is InChI=1S/C21H34N6.HI/c1-6-22-21(25-17(2)12-13-18-10-8-7-9-11-18)23-15-20(26(3)4)19-14-24-27(5)16-19;/h7-11,14,16-17,20H,6,12-13,15H2,1-5H3,(H2,22,23,25);1H. The van der Waals surface area contributed by atoms with Crippen molar-refractivity contribution in [3.05, 3.63) is 53.9 Å². The summed E-state index contributed by atoms with van der Waals surface area (Å²) in [4.78, 5) is 7.01. The molecule has 0 aliphatic rings. The fourth-order valence-corrected chi connectivity index (χ4v) is 3.01. The van der Waals surface area contributed by atoms with E-state index < -0.39 is 0 Å². The molecule has 2 unspecified atom stereocenters. The van der Waals surface area contributed by atoms with Crippen molar-refractivity contribution in [3.63, 3.8) is 0 Å². The molecule has 28 heavy (non-hydrogen) atoms. The fraction of sp³-hybridized carbons (Fsp3) is 0.524. The summed E-state index contributed by atoms with van der Waals surface area (Å²) in [6, 6.07) is 11.2. The molecule has 2 rings (SSSR count). The number of guanidine groups is 1. The third-order valence-corrected chi connectivity index (χ3v) is 4.59. The van der Waals surface area contributed by atoms with Crippen molar-refractivity contribution < 1.29 is 0 Å². The Labute approximate surface area is 186 Å². The Hall–Kier alpha value is -1.61. The first-order chi connectivity index (χ1) is 13.0. The van der Waals surface area contributed by atoms with Gasteiger partial charge in [0.05, 0.1) is 18.8 Å². The van der Waals surface area contributed by atoms with Gasteiger partial charge in [0.15, 0.2) is 5.96 Å². The van der Waals surface area contributed by atoms with Crippen LogP contribution in [0.3, 0.4) is 0 Å². The summed E-state index contributed by atoms with van der Waals surface area (Å²) in [6.07, 6.45) is 6.10. The van der Waals surface area contributed by atoms with E-state index in [1.165, 1.54) is 11.1 Å².